The van der Waals surface area contributed by atoms with Crippen molar-refractivity contribution in [3.05, 3.63) is 71.8 Å². The number of benzene rings is 2. The summed E-state index contributed by atoms with van der Waals surface area (Å²) in [5.74, 6) is -0.790. The van der Waals surface area contributed by atoms with Crippen LogP contribution in [0.4, 0.5) is 0 Å². The molecule has 0 radical (unpaired) electrons. The van der Waals surface area contributed by atoms with Crippen LogP contribution in [0.2, 0.25) is 0 Å². The summed E-state index contributed by atoms with van der Waals surface area (Å²) in [5, 5.41) is 0. The van der Waals surface area contributed by atoms with Crippen LogP contribution < -0.4 is 0 Å². The van der Waals surface area contributed by atoms with Crippen molar-refractivity contribution in [1.82, 2.24) is 0 Å². The zero-order valence-electron chi connectivity index (χ0n) is 13.8. The minimum atomic E-state index is -3.83. The Kier molecular flexibility index (Phi) is 7.12. The molecule has 0 heterocycles. The van der Waals surface area contributed by atoms with Gasteiger partial charge in [0.25, 0.3) is 10.1 Å². The van der Waals surface area contributed by atoms with Gasteiger partial charge in [-0.15, -0.1) is 0 Å². The Bertz CT molecular complexity index is 759. The molecule has 0 spiro atoms. The molecule has 2 aromatic carbocycles. The molecule has 0 fully saturated rings. The highest BCUT2D eigenvalue weighted by molar-refractivity contribution is 7.86. The first-order valence-electron chi connectivity index (χ1n) is 7.64. The normalized spacial score (nSPS) is 12.5. The molecule has 0 aromatic heterocycles. The Labute approximate surface area is 147 Å². The van der Waals surface area contributed by atoms with Gasteiger partial charge in [0, 0.05) is 0 Å². The minimum Gasteiger partial charge on any atom is -0.459 e. The highest BCUT2D eigenvalue weighted by atomic mass is 32.2. The fraction of sp³-hybridized carbons (Fsp3) is 0.278. The average Bonchev–Trinajstić information content (AvgIpc) is 2.59. The first-order chi connectivity index (χ1) is 11.9. The third-order valence-corrected chi connectivity index (χ3v) is 3.74. The molecule has 0 unspecified atom stereocenters. The van der Waals surface area contributed by atoms with Crippen molar-refractivity contribution in [1.29, 1.82) is 0 Å². The van der Waals surface area contributed by atoms with Gasteiger partial charge in [-0.25, -0.2) is 4.79 Å². The van der Waals surface area contributed by atoms with Crippen LogP contribution in [0.1, 0.15) is 11.1 Å². The van der Waals surface area contributed by atoms with E-state index in [0.29, 0.717) is 0 Å². The number of rotatable bonds is 9. The van der Waals surface area contributed by atoms with E-state index in [2.05, 4.69) is 0 Å². The number of esters is 1. The zero-order valence-corrected chi connectivity index (χ0v) is 14.6. The molecule has 0 saturated carbocycles. The molecule has 25 heavy (non-hydrogen) atoms. The van der Waals surface area contributed by atoms with Gasteiger partial charge in [0.2, 0.25) is 0 Å². The Morgan fingerprint density at radius 2 is 1.44 bits per heavy atom. The maximum Gasteiger partial charge on any atom is 0.339 e. The fourth-order valence-electron chi connectivity index (χ4n) is 2.03. The molecule has 0 aliphatic rings. The minimum absolute atomic E-state index is 0.0297. The lowest BCUT2D eigenvalue weighted by Crippen LogP contribution is -2.33. The first-order valence-corrected chi connectivity index (χ1v) is 9.46. The van der Waals surface area contributed by atoms with Gasteiger partial charge >= 0.3 is 5.97 Å². The molecule has 0 saturated heterocycles. The Morgan fingerprint density at radius 1 is 0.920 bits per heavy atom. The van der Waals surface area contributed by atoms with Crippen molar-refractivity contribution in [3.8, 4) is 0 Å². The second-order valence-electron chi connectivity index (χ2n) is 5.38. The molecule has 2 rings (SSSR count). The van der Waals surface area contributed by atoms with Gasteiger partial charge < -0.3 is 9.47 Å². The van der Waals surface area contributed by atoms with Gasteiger partial charge in [0.05, 0.1) is 19.5 Å². The molecule has 134 valence electrons. The molecule has 0 aliphatic carbocycles. The molecular formula is C18H20O6S. The smallest absolute Gasteiger partial charge is 0.339 e. The van der Waals surface area contributed by atoms with E-state index in [4.69, 9.17) is 13.7 Å². The second kappa shape index (κ2) is 9.31. The summed E-state index contributed by atoms with van der Waals surface area (Å²) >= 11 is 0. The lowest BCUT2D eigenvalue weighted by atomic mass is 10.2. The molecule has 6 nitrogen and oxygen atoms in total. The summed E-state index contributed by atoms with van der Waals surface area (Å²) in [5.41, 5.74) is 1.69. The van der Waals surface area contributed by atoms with Crippen molar-refractivity contribution < 1.29 is 26.9 Å². The van der Waals surface area contributed by atoms with Crippen LogP contribution in [-0.2, 0) is 41.8 Å². The van der Waals surface area contributed by atoms with Crippen molar-refractivity contribution in [2.45, 2.75) is 19.3 Å². The lowest BCUT2D eigenvalue weighted by molar-refractivity contribution is -0.156. The summed E-state index contributed by atoms with van der Waals surface area (Å²) in [7, 11) is -3.83. The quantitative estimate of drug-likeness (QED) is 0.502. The number of hydrogen-bond donors (Lipinski definition) is 0. The molecule has 2 aromatic rings. The SMILES string of the molecule is CS(=O)(=O)O[C@@H](COCc1ccccc1)C(=O)OCc1ccccc1. The standard InChI is InChI=1S/C18H20O6S/c1-25(20,21)24-17(14-22-12-15-8-4-2-5-9-15)18(19)23-13-16-10-6-3-7-11-16/h2-11,17H,12-14H2,1H3/t17-/m0/s1. The molecule has 0 N–H and O–H groups in total. The van der Waals surface area contributed by atoms with Gasteiger partial charge in [0.15, 0.2) is 6.10 Å². The van der Waals surface area contributed by atoms with E-state index >= 15 is 0 Å². The largest absolute Gasteiger partial charge is 0.459 e. The molecule has 0 bridgehead atoms. The van der Waals surface area contributed by atoms with Gasteiger partial charge in [-0.1, -0.05) is 60.7 Å². The summed E-state index contributed by atoms with van der Waals surface area (Å²) in [6.45, 7) is 0.0357. The van der Waals surface area contributed by atoms with E-state index < -0.39 is 22.2 Å². The van der Waals surface area contributed by atoms with Gasteiger partial charge in [0.1, 0.15) is 6.61 Å². The fourth-order valence-corrected chi connectivity index (χ4v) is 2.58. The van der Waals surface area contributed by atoms with E-state index in [1.165, 1.54) is 0 Å². The van der Waals surface area contributed by atoms with Crippen LogP contribution in [-0.4, -0.2) is 33.4 Å². The third kappa shape index (κ3) is 7.47. The molecule has 0 amide bonds. The highest BCUT2D eigenvalue weighted by Gasteiger charge is 2.26. The third-order valence-electron chi connectivity index (χ3n) is 3.16. The predicted octanol–water partition coefficient (Wildman–Crippen LogP) is 2.29. The number of hydrogen-bond acceptors (Lipinski definition) is 6. The lowest BCUT2D eigenvalue weighted by Gasteiger charge is -2.16. The molecular weight excluding hydrogens is 344 g/mol. The first kappa shape index (κ1) is 19.1. The van der Waals surface area contributed by atoms with E-state index in [0.717, 1.165) is 17.4 Å². The maximum absolute atomic E-state index is 12.1. The highest BCUT2D eigenvalue weighted by Crippen LogP contribution is 2.08. The van der Waals surface area contributed by atoms with E-state index in [9.17, 15) is 13.2 Å². The van der Waals surface area contributed by atoms with Crippen molar-refractivity contribution >= 4 is 16.1 Å². The average molecular weight is 364 g/mol. The Morgan fingerprint density at radius 3 is 1.96 bits per heavy atom. The summed E-state index contributed by atoms with van der Waals surface area (Å²) < 4.78 is 38.1. The van der Waals surface area contributed by atoms with E-state index in [1.54, 1.807) is 12.1 Å². The summed E-state index contributed by atoms with van der Waals surface area (Å²) in [4.78, 5) is 12.1. The topological polar surface area (TPSA) is 78.9 Å². The molecule has 7 heteroatoms. The second-order valence-corrected chi connectivity index (χ2v) is 6.98. The van der Waals surface area contributed by atoms with Crippen molar-refractivity contribution in [2.24, 2.45) is 0 Å². The van der Waals surface area contributed by atoms with E-state index in [1.807, 2.05) is 48.5 Å². The Balaban J connectivity index is 1.91. The number of ether oxygens (including phenoxy) is 2. The van der Waals surface area contributed by atoms with Gasteiger partial charge in [-0.3, -0.25) is 4.18 Å². The van der Waals surface area contributed by atoms with Crippen LogP contribution in [0, 0.1) is 0 Å². The van der Waals surface area contributed by atoms with Crippen LogP contribution in [0.5, 0.6) is 0 Å². The number of carbonyl (C=O) groups excluding carboxylic acids is 1. The molecule has 1 atom stereocenters. The van der Waals surface area contributed by atoms with Crippen molar-refractivity contribution in [3.63, 3.8) is 0 Å². The van der Waals surface area contributed by atoms with Gasteiger partial charge in [-0.2, -0.15) is 8.42 Å². The summed E-state index contributed by atoms with van der Waals surface area (Å²) in [6.07, 6.45) is -0.468. The van der Waals surface area contributed by atoms with E-state index in [-0.39, 0.29) is 19.8 Å². The summed E-state index contributed by atoms with van der Waals surface area (Å²) in [6, 6.07) is 18.4. The van der Waals surface area contributed by atoms with Gasteiger partial charge in [-0.05, 0) is 11.1 Å². The predicted molar refractivity (Wildman–Crippen MR) is 92.1 cm³/mol. The van der Waals surface area contributed by atoms with Crippen LogP contribution >= 0.6 is 0 Å². The van der Waals surface area contributed by atoms with Crippen LogP contribution in [0.3, 0.4) is 0 Å². The zero-order chi connectivity index (χ0) is 18.1. The van der Waals surface area contributed by atoms with Crippen LogP contribution in [0.15, 0.2) is 60.7 Å². The number of carbonyl (C=O) groups is 1. The van der Waals surface area contributed by atoms with Crippen molar-refractivity contribution in [2.75, 3.05) is 12.9 Å². The molecule has 0 aliphatic heterocycles. The monoisotopic (exact) mass is 364 g/mol. The maximum atomic E-state index is 12.1. The Hall–Kier alpha value is -2.22. The van der Waals surface area contributed by atoms with Crippen LogP contribution in [0.25, 0.3) is 0 Å².